The summed E-state index contributed by atoms with van der Waals surface area (Å²) in [5.41, 5.74) is 5.07. The summed E-state index contributed by atoms with van der Waals surface area (Å²) in [5, 5.41) is 2.69. The number of hydrogen-bond acceptors (Lipinski definition) is 5. The number of esters is 1. The van der Waals surface area contributed by atoms with Crippen LogP contribution in [0, 0.1) is 5.92 Å². The molecule has 0 fully saturated rings. The summed E-state index contributed by atoms with van der Waals surface area (Å²) in [6.45, 7) is 9.53. The third kappa shape index (κ3) is 8.42. The third-order valence-electron chi connectivity index (χ3n) is 2.49. The minimum absolute atomic E-state index is 0.174. The van der Waals surface area contributed by atoms with Crippen molar-refractivity contribution in [1.29, 1.82) is 0 Å². The third-order valence-corrected chi connectivity index (χ3v) is 2.49. The fourth-order valence-electron chi connectivity index (χ4n) is 1.51. The van der Waals surface area contributed by atoms with E-state index in [9.17, 15) is 9.59 Å². The Hall–Kier alpha value is -1.30. The lowest BCUT2D eigenvalue weighted by molar-refractivity contribution is -0.144. The standard InChI is InChI=1S/C13H26N2O4/c1-6-18-11(16)7-10(8-14)9(2)15-12(17)19-13(3,4)5/h9-10H,6-8,14H2,1-5H3,(H,15,17)/t9-,10?/m0/s1. The molecule has 0 saturated heterocycles. The van der Waals surface area contributed by atoms with Gasteiger partial charge in [0.2, 0.25) is 0 Å². The highest BCUT2D eigenvalue weighted by molar-refractivity contribution is 5.70. The average Bonchev–Trinajstić information content (AvgIpc) is 2.23. The van der Waals surface area contributed by atoms with Gasteiger partial charge < -0.3 is 20.5 Å². The van der Waals surface area contributed by atoms with Crippen LogP contribution in [0.5, 0.6) is 0 Å². The quantitative estimate of drug-likeness (QED) is 0.715. The summed E-state index contributed by atoms with van der Waals surface area (Å²) >= 11 is 0. The summed E-state index contributed by atoms with van der Waals surface area (Å²) in [6.07, 6.45) is -0.330. The molecule has 6 heteroatoms. The number of carbonyl (C=O) groups is 2. The van der Waals surface area contributed by atoms with Crippen molar-refractivity contribution >= 4 is 12.1 Å². The lowest BCUT2D eigenvalue weighted by Crippen LogP contribution is -2.44. The first-order valence-electron chi connectivity index (χ1n) is 6.54. The maximum absolute atomic E-state index is 11.6. The Balaban J connectivity index is 4.31. The van der Waals surface area contributed by atoms with Crippen LogP contribution in [0.25, 0.3) is 0 Å². The van der Waals surface area contributed by atoms with E-state index < -0.39 is 11.7 Å². The van der Waals surface area contributed by atoms with E-state index in [0.717, 1.165) is 0 Å². The van der Waals surface area contributed by atoms with Crippen LogP contribution in [0.2, 0.25) is 0 Å². The minimum atomic E-state index is -0.552. The Morgan fingerprint density at radius 2 is 1.89 bits per heavy atom. The zero-order valence-corrected chi connectivity index (χ0v) is 12.5. The van der Waals surface area contributed by atoms with Gasteiger partial charge in [-0.25, -0.2) is 4.79 Å². The fraction of sp³-hybridized carbons (Fsp3) is 0.846. The first-order valence-corrected chi connectivity index (χ1v) is 6.54. The Morgan fingerprint density at radius 3 is 2.32 bits per heavy atom. The number of ether oxygens (including phenoxy) is 2. The Morgan fingerprint density at radius 1 is 1.32 bits per heavy atom. The molecule has 0 aliphatic carbocycles. The first-order chi connectivity index (χ1) is 8.69. The Bertz CT molecular complexity index is 300. The highest BCUT2D eigenvalue weighted by Gasteiger charge is 2.24. The maximum atomic E-state index is 11.6. The van der Waals surface area contributed by atoms with E-state index in [-0.39, 0.29) is 30.9 Å². The topological polar surface area (TPSA) is 90.6 Å². The number of nitrogens with two attached hydrogens (primary N) is 1. The molecular weight excluding hydrogens is 248 g/mol. The smallest absolute Gasteiger partial charge is 0.407 e. The molecule has 0 aromatic carbocycles. The molecule has 19 heavy (non-hydrogen) atoms. The highest BCUT2D eigenvalue weighted by atomic mass is 16.6. The van der Waals surface area contributed by atoms with Crippen LogP contribution >= 0.6 is 0 Å². The van der Waals surface area contributed by atoms with Gasteiger partial charge in [0.1, 0.15) is 5.60 Å². The second-order valence-corrected chi connectivity index (χ2v) is 5.44. The van der Waals surface area contributed by atoms with Crippen molar-refractivity contribution < 1.29 is 19.1 Å². The number of nitrogens with one attached hydrogen (secondary N) is 1. The van der Waals surface area contributed by atoms with Crippen molar-refractivity contribution in [3.8, 4) is 0 Å². The molecule has 0 radical (unpaired) electrons. The molecule has 0 spiro atoms. The molecule has 0 aliphatic rings. The maximum Gasteiger partial charge on any atom is 0.407 e. The highest BCUT2D eigenvalue weighted by Crippen LogP contribution is 2.11. The van der Waals surface area contributed by atoms with Gasteiger partial charge in [0.25, 0.3) is 0 Å². The molecule has 0 saturated carbocycles. The van der Waals surface area contributed by atoms with Crippen LogP contribution in [-0.2, 0) is 14.3 Å². The number of hydrogen-bond donors (Lipinski definition) is 2. The SMILES string of the molecule is CCOC(=O)CC(CN)[C@H](C)NC(=O)OC(C)(C)C. The van der Waals surface area contributed by atoms with E-state index in [1.165, 1.54) is 0 Å². The van der Waals surface area contributed by atoms with E-state index >= 15 is 0 Å². The molecule has 0 aromatic rings. The van der Waals surface area contributed by atoms with E-state index in [4.69, 9.17) is 15.2 Å². The molecule has 3 N–H and O–H groups in total. The Kier molecular flexibility index (Phi) is 7.44. The van der Waals surface area contributed by atoms with E-state index in [0.29, 0.717) is 6.61 Å². The molecule has 112 valence electrons. The summed E-state index contributed by atoms with van der Waals surface area (Å²) < 4.78 is 10.0. The first kappa shape index (κ1) is 17.7. The second kappa shape index (κ2) is 7.99. The molecule has 0 heterocycles. The van der Waals surface area contributed by atoms with Gasteiger partial charge in [-0.3, -0.25) is 4.79 Å². The van der Waals surface area contributed by atoms with Gasteiger partial charge in [0.05, 0.1) is 13.0 Å². The summed E-state index contributed by atoms with van der Waals surface area (Å²) in [6, 6.07) is -0.260. The Labute approximate surface area is 115 Å². The number of carbonyl (C=O) groups excluding carboxylic acids is 2. The van der Waals surface area contributed by atoms with Crippen LogP contribution in [0.15, 0.2) is 0 Å². The van der Waals surface area contributed by atoms with E-state index in [2.05, 4.69) is 5.32 Å². The molecule has 1 unspecified atom stereocenters. The van der Waals surface area contributed by atoms with Crippen LogP contribution in [0.4, 0.5) is 4.79 Å². The van der Waals surface area contributed by atoms with Crippen molar-refractivity contribution in [2.24, 2.45) is 11.7 Å². The van der Waals surface area contributed by atoms with E-state index in [1.54, 1.807) is 34.6 Å². The van der Waals surface area contributed by atoms with Gasteiger partial charge in [-0.1, -0.05) is 0 Å². The molecule has 0 rings (SSSR count). The lowest BCUT2D eigenvalue weighted by atomic mass is 9.98. The summed E-state index contributed by atoms with van der Waals surface area (Å²) in [4.78, 5) is 23.0. The fourth-order valence-corrected chi connectivity index (χ4v) is 1.51. The van der Waals surface area contributed by atoms with Gasteiger partial charge in [-0.2, -0.15) is 0 Å². The molecule has 1 amide bonds. The number of alkyl carbamates (subject to hydrolysis) is 1. The van der Waals surface area contributed by atoms with Crippen molar-refractivity contribution in [3.05, 3.63) is 0 Å². The molecule has 0 bridgehead atoms. The van der Waals surface area contributed by atoms with Crippen molar-refractivity contribution in [2.45, 2.75) is 52.7 Å². The predicted molar refractivity (Wildman–Crippen MR) is 72.6 cm³/mol. The summed E-state index contributed by atoms with van der Waals surface area (Å²) in [7, 11) is 0. The van der Waals surface area contributed by atoms with Gasteiger partial charge in [0, 0.05) is 12.0 Å². The average molecular weight is 274 g/mol. The monoisotopic (exact) mass is 274 g/mol. The molecule has 0 aliphatic heterocycles. The molecule has 0 aromatic heterocycles. The number of amides is 1. The normalized spacial score (nSPS) is 14.4. The molecule has 6 nitrogen and oxygen atoms in total. The lowest BCUT2D eigenvalue weighted by Gasteiger charge is -2.25. The van der Waals surface area contributed by atoms with Gasteiger partial charge in [0.15, 0.2) is 0 Å². The van der Waals surface area contributed by atoms with Crippen LogP contribution in [0.3, 0.4) is 0 Å². The van der Waals surface area contributed by atoms with Crippen molar-refractivity contribution in [3.63, 3.8) is 0 Å². The van der Waals surface area contributed by atoms with Gasteiger partial charge in [-0.05, 0) is 41.2 Å². The molecule has 2 atom stereocenters. The summed E-state index contributed by atoms with van der Waals surface area (Å²) in [5.74, 6) is -0.484. The second-order valence-electron chi connectivity index (χ2n) is 5.44. The van der Waals surface area contributed by atoms with E-state index in [1.807, 2.05) is 0 Å². The predicted octanol–water partition coefficient (Wildman–Crippen LogP) is 1.43. The molecular formula is C13H26N2O4. The largest absolute Gasteiger partial charge is 0.466 e. The van der Waals surface area contributed by atoms with Crippen molar-refractivity contribution in [2.75, 3.05) is 13.2 Å². The van der Waals surface area contributed by atoms with Crippen LogP contribution in [0.1, 0.15) is 41.0 Å². The van der Waals surface area contributed by atoms with Gasteiger partial charge >= 0.3 is 12.1 Å². The minimum Gasteiger partial charge on any atom is -0.466 e. The van der Waals surface area contributed by atoms with Crippen molar-refractivity contribution in [1.82, 2.24) is 5.32 Å². The van der Waals surface area contributed by atoms with Crippen LogP contribution < -0.4 is 11.1 Å². The number of rotatable bonds is 6. The zero-order valence-electron chi connectivity index (χ0n) is 12.5. The van der Waals surface area contributed by atoms with Crippen LogP contribution in [-0.4, -0.2) is 36.9 Å². The van der Waals surface area contributed by atoms with Gasteiger partial charge in [-0.15, -0.1) is 0 Å². The zero-order chi connectivity index (χ0) is 15.1.